The molecule has 0 aliphatic carbocycles. The summed E-state index contributed by atoms with van der Waals surface area (Å²) in [7, 11) is 4.43. The molecule has 0 saturated carbocycles. The number of carbonyl (C=O) groups is 1. The lowest BCUT2D eigenvalue weighted by atomic mass is 10.1. The Balaban J connectivity index is 2.46. The fraction of sp³-hybridized carbons (Fsp3) is 0.308. The van der Waals surface area contributed by atoms with Gasteiger partial charge in [-0.15, -0.1) is 0 Å². The van der Waals surface area contributed by atoms with Gasteiger partial charge in [0.15, 0.2) is 11.9 Å². The number of para-hydroxylation sites is 1. The summed E-state index contributed by atoms with van der Waals surface area (Å²) in [6.07, 6.45) is -0.631. The molecule has 18 heavy (non-hydrogen) atoms. The number of benzene rings is 1. The predicted octanol–water partition coefficient (Wildman–Crippen LogP) is 1.80. The van der Waals surface area contributed by atoms with E-state index in [-0.39, 0.29) is 5.76 Å². The van der Waals surface area contributed by atoms with Crippen molar-refractivity contribution in [1.29, 1.82) is 0 Å². The first kappa shape index (κ1) is 12.3. The number of ether oxygens (including phenoxy) is 4. The van der Waals surface area contributed by atoms with Gasteiger partial charge < -0.3 is 18.9 Å². The van der Waals surface area contributed by atoms with Crippen LogP contribution >= 0.6 is 0 Å². The second-order valence-electron chi connectivity index (χ2n) is 3.63. The Labute approximate surface area is 105 Å². The highest BCUT2D eigenvalue weighted by Gasteiger charge is 2.39. The molecule has 0 saturated heterocycles. The summed E-state index contributed by atoms with van der Waals surface area (Å²) in [5.41, 5.74) is 0.720. The van der Waals surface area contributed by atoms with Crippen molar-refractivity contribution in [3.63, 3.8) is 0 Å². The second kappa shape index (κ2) is 5.00. The highest BCUT2D eigenvalue weighted by Crippen LogP contribution is 2.39. The van der Waals surface area contributed by atoms with Gasteiger partial charge in [0.25, 0.3) is 0 Å². The van der Waals surface area contributed by atoms with E-state index < -0.39 is 12.1 Å². The van der Waals surface area contributed by atoms with Crippen LogP contribution in [0.2, 0.25) is 0 Å². The van der Waals surface area contributed by atoms with Crippen LogP contribution in [0.4, 0.5) is 0 Å². The standard InChI is InChI=1S/C13H14O5/c1-15-9-7-5-4-6-8(9)10-11(16-2)12(17-3)13(14)18-10/h4-7,10H,1-3H3. The summed E-state index contributed by atoms with van der Waals surface area (Å²) in [5, 5.41) is 0. The van der Waals surface area contributed by atoms with Crippen LogP contribution in [0.3, 0.4) is 0 Å². The lowest BCUT2D eigenvalue weighted by Gasteiger charge is -2.15. The van der Waals surface area contributed by atoms with Crippen molar-refractivity contribution in [3.8, 4) is 5.75 Å². The van der Waals surface area contributed by atoms with Crippen LogP contribution in [0.5, 0.6) is 5.75 Å². The van der Waals surface area contributed by atoms with Crippen molar-refractivity contribution in [2.24, 2.45) is 0 Å². The Morgan fingerprint density at radius 2 is 1.78 bits per heavy atom. The number of rotatable bonds is 4. The van der Waals surface area contributed by atoms with Gasteiger partial charge in [0, 0.05) is 5.56 Å². The molecule has 1 aromatic rings. The van der Waals surface area contributed by atoms with E-state index >= 15 is 0 Å². The smallest absolute Gasteiger partial charge is 0.378 e. The molecule has 0 aromatic heterocycles. The first-order valence-electron chi connectivity index (χ1n) is 5.39. The molecule has 2 rings (SSSR count). The third-order valence-corrected chi connectivity index (χ3v) is 2.72. The van der Waals surface area contributed by atoms with Crippen LogP contribution in [0.25, 0.3) is 0 Å². The molecule has 1 heterocycles. The van der Waals surface area contributed by atoms with Gasteiger partial charge in [-0.25, -0.2) is 4.79 Å². The predicted molar refractivity (Wildman–Crippen MR) is 62.9 cm³/mol. The van der Waals surface area contributed by atoms with Gasteiger partial charge in [0.1, 0.15) is 5.75 Å². The van der Waals surface area contributed by atoms with Crippen LogP contribution < -0.4 is 4.74 Å². The van der Waals surface area contributed by atoms with Crippen LogP contribution in [0, 0.1) is 0 Å². The highest BCUT2D eigenvalue weighted by molar-refractivity contribution is 5.90. The lowest BCUT2D eigenvalue weighted by Crippen LogP contribution is -2.06. The first-order chi connectivity index (χ1) is 8.72. The zero-order valence-electron chi connectivity index (χ0n) is 10.4. The summed E-state index contributed by atoms with van der Waals surface area (Å²) in [6.45, 7) is 0. The Bertz CT molecular complexity index is 492. The Morgan fingerprint density at radius 1 is 1.06 bits per heavy atom. The maximum absolute atomic E-state index is 11.6. The van der Waals surface area contributed by atoms with Crippen LogP contribution in [-0.4, -0.2) is 27.3 Å². The third-order valence-electron chi connectivity index (χ3n) is 2.72. The van der Waals surface area contributed by atoms with E-state index in [2.05, 4.69) is 0 Å². The monoisotopic (exact) mass is 250 g/mol. The Hall–Kier alpha value is -2.17. The largest absolute Gasteiger partial charge is 0.496 e. The summed E-state index contributed by atoms with van der Waals surface area (Å²) < 4.78 is 20.7. The van der Waals surface area contributed by atoms with Gasteiger partial charge >= 0.3 is 5.97 Å². The molecule has 0 spiro atoms. The van der Waals surface area contributed by atoms with E-state index in [1.54, 1.807) is 13.2 Å². The average Bonchev–Trinajstić information content (AvgIpc) is 2.74. The van der Waals surface area contributed by atoms with E-state index in [4.69, 9.17) is 18.9 Å². The molecule has 0 radical (unpaired) electrons. The third kappa shape index (κ3) is 1.88. The highest BCUT2D eigenvalue weighted by atomic mass is 16.6. The maximum Gasteiger partial charge on any atom is 0.378 e. The molecule has 1 atom stereocenters. The average molecular weight is 250 g/mol. The quantitative estimate of drug-likeness (QED) is 0.763. The van der Waals surface area contributed by atoms with Crippen molar-refractivity contribution in [1.82, 2.24) is 0 Å². The minimum Gasteiger partial charge on any atom is -0.496 e. The number of esters is 1. The van der Waals surface area contributed by atoms with Gasteiger partial charge in [-0.2, -0.15) is 0 Å². The van der Waals surface area contributed by atoms with E-state index in [0.717, 1.165) is 5.56 Å². The number of hydrogen-bond donors (Lipinski definition) is 0. The molecule has 1 aromatic carbocycles. The van der Waals surface area contributed by atoms with Crippen molar-refractivity contribution in [2.75, 3.05) is 21.3 Å². The fourth-order valence-corrected chi connectivity index (χ4v) is 1.91. The number of methoxy groups -OCH3 is 3. The van der Waals surface area contributed by atoms with Crippen LogP contribution in [0.1, 0.15) is 11.7 Å². The molecule has 0 N–H and O–H groups in total. The van der Waals surface area contributed by atoms with E-state index in [9.17, 15) is 4.79 Å². The van der Waals surface area contributed by atoms with Crippen molar-refractivity contribution >= 4 is 5.97 Å². The molecule has 0 amide bonds. The molecule has 5 nitrogen and oxygen atoms in total. The normalized spacial score (nSPS) is 18.6. The summed E-state index contributed by atoms with van der Waals surface area (Å²) in [4.78, 5) is 11.6. The van der Waals surface area contributed by atoms with Crippen LogP contribution in [-0.2, 0) is 19.0 Å². The summed E-state index contributed by atoms with van der Waals surface area (Å²) >= 11 is 0. The van der Waals surface area contributed by atoms with Gasteiger partial charge in [0.2, 0.25) is 5.76 Å². The number of carbonyl (C=O) groups excluding carboxylic acids is 1. The number of hydrogen-bond acceptors (Lipinski definition) is 5. The molecule has 1 aliphatic rings. The minimum absolute atomic E-state index is 0.0911. The zero-order chi connectivity index (χ0) is 13.1. The van der Waals surface area contributed by atoms with E-state index in [1.807, 2.05) is 18.2 Å². The Kier molecular flexibility index (Phi) is 3.41. The molecule has 0 bridgehead atoms. The zero-order valence-corrected chi connectivity index (χ0v) is 10.4. The van der Waals surface area contributed by atoms with E-state index in [0.29, 0.717) is 11.5 Å². The molecular formula is C13H14O5. The topological polar surface area (TPSA) is 54.0 Å². The molecule has 96 valence electrons. The van der Waals surface area contributed by atoms with Gasteiger partial charge in [-0.1, -0.05) is 18.2 Å². The first-order valence-corrected chi connectivity index (χ1v) is 5.39. The molecule has 1 unspecified atom stereocenters. The molecule has 5 heteroatoms. The van der Waals surface area contributed by atoms with Gasteiger partial charge in [-0.05, 0) is 6.07 Å². The van der Waals surface area contributed by atoms with Crippen LogP contribution in [0.15, 0.2) is 35.8 Å². The number of cyclic esters (lactones) is 1. The van der Waals surface area contributed by atoms with Crippen molar-refractivity contribution in [3.05, 3.63) is 41.3 Å². The SMILES string of the molecule is COC1=C(OC)C(c2ccccc2OC)OC1=O. The minimum atomic E-state index is -0.631. The van der Waals surface area contributed by atoms with Gasteiger partial charge in [0.05, 0.1) is 21.3 Å². The molecular weight excluding hydrogens is 236 g/mol. The maximum atomic E-state index is 11.6. The second-order valence-corrected chi connectivity index (χ2v) is 3.63. The fourth-order valence-electron chi connectivity index (χ4n) is 1.91. The molecule has 0 fully saturated rings. The van der Waals surface area contributed by atoms with Gasteiger partial charge in [-0.3, -0.25) is 0 Å². The lowest BCUT2D eigenvalue weighted by molar-refractivity contribution is -0.143. The summed E-state index contributed by atoms with van der Waals surface area (Å²) in [5.74, 6) is 0.535. The van der Waals surface area contributed by atoms with Crippen molar-refractivity contribution in [2.45, 2.75) is 6.10 Å². The van der Waals surface area contributed by atoms with E-state index in [1.165, 1.54) is 14.2 Å². The van der Waals surface area contributed by atoms with Crippen molar-refractivity contribution < 1.29 is 23.7 Å². The summed E-state index contributed by atoms with van der Waals surface area (Å²) in [6, 6.07) is 7.28. The molecule has 1 aliphatic heterocycles. The Morgan fingerprint density at radius 3 is 2.39 bits per heavy atom.